The SMILES string of the molecule is CCCNCc1n[nH]c(C)c1S(=O)(=O)N1CC2CCC1C2. The molecular formula is C14H24N4O2S. The van der Waals surface area contributed by atoms with Crippen molar-refractivity contribution in [3.63, 3.8) is 0 Å². The number of piperidine rings is 1. The van der Waals surface area contributed by atoms with Crippen molar-refractivity contribution in [3.8, 4) is 0 Å². The Morgan fingerprint density at radius 1 is 1.43 bits per heavy atom. The molecule has 1 aromatic rings. The van der Waals surface area contributed by atoms with Gasteiger partial charge in [-0.05, 0) is 45.1 Å². The van der Waals surface area contributed by atoms with Crippen molar-refractivity contribution in [2.24, 2.45) is 5.92 Å². The first kappa shape index (κ1) is 15.0. The Bertz CT molecular complexity index is 610. The van der Waals surface area contributed by atoms with Crippen LogP contribution in [0.1, 0.15) is 44.0 Å². The van der Waals surface area contributed by atoms with Crippen molar-refractivity contribution in [2.75, 3.05) is 13.1 Å². The van der Waals surface area contributed by atoms with E-state index in [9.17, 15) is 8.42 Å². The third kappa shape index (κ3) is 2.62. The number of hydrogen-bond donors (Lipinski definition) is 2. The zero-order chi connectivity index (χ0) is 15.0. The first-order valence-electron chi connectivity index (χ1n) is 7.80. The van der Waals surface area contributed by atoms with E-state index in [1.807, 2.05) is 0 Å². The normalized spacial score (nSPS) is 25.8. The number of H-pyrrole nitrogens is 1. The van der Waals surface area contributed by atoms with Gasteiger partial charge in [0.2, 0.25) is 10.0 Å². The highest BCUT2D eigenvalue weighted by Gasteiger charge is 2.45. The monoisotopic (exact) mass is 312 g/mol. The van der Waals surface area contributed by atoms with Gasteiger partial charge in [0.15, 0.2) is 0 Å². The second-order valence-corrected chi connectivity index (χ2v) is 8.04. The number of aryl methyl sites for hydroxylation is 1. The van der Waals surface area contributed by atoms with Gasteiger partial charge in [-0.25, -0.2) is 8.42 Å². The maximum absolute atomic E-state index is 13.0. The van der Waals surface area contributed by atoms with E-state index in [1.54, 1.807) is 11.2 Å². The van der Waals surface area contributed by atoms with E-state index < -0.39 is 10.0 Å². The predicted octanol–water partition coefficient (Wildman–Crippen LogP) is 1.39. The Balaban J connectivity index is 1.86. The molecule has 6 nitrogen and oxygen atoms in total. The van der Waals surface area contributed by atoms with Crippen LogP contribution in [0.25, 0.3) is 0 Å². The molecule has 2 heterocycles. The van der Waals surface area contributed by atoms with Crippen LogP contribution in [-0.2, 0) is 16.6 Å². The fourth-order valence-corrected chi connectivity index (χ4v) is 5.68. The molecule has 2 unspecified atom stereocenters. The molecule has 2 atom stereocenters. The molecule has 118 valence electrons. The molecule has 2 aliphatic rings. The number of hydrogen-bond acceptors (Lipinski definition) is 4. The molecule has 1 aliphatic heterocycles. The third-order valence-corrected chi connectivity index (χ3v) is 6.73. The molecule has 0 spiro atoms. The van der Waals surface area contributed by atoms with Crippen LogP contribution in [0.3, 0.4) is 0 Å². The number of nitrogens with one attached hydrogen (secondary N) is 2. The number of aromatic amines is 1. The van der Waals surface area contributed by atoms with Crippen LogP contribution in [0.4, 0.5) is 0 Å². The van der Waals surface area contributed by atoms with Crippen LogP contribution in [-0.4, -0.2) is 42.1 Å². The summed E-state index contributed by atoms with van der Waals surface area (Å²) in [5, 5.41) is 10.3. The van der Waals surface area contributed by atoms with Crippen molar-refractivity contribution < 1.29 is 8.42 Å². The topological polar surface area (TPSA) is 78.1 Å². The fraction of sp³-hybridized carbons (Fsp3) is 0.786. The van der Waals surface area contributed by atoms with E-state index in [2.05, 4.69) is 22.4 Å². The molecule has 2 fully saturated rings. The molecule has 21 heavy (non-hydrogen) atoms. The van der Waals surface area contributed by atoms with Gasteiger partial charge < -0.3 is 5.32 Å². The third-order valence-electron chi connectivity index (χ3n) is 4.61. The molecule has 0 aromatic carbocycles. The standard InChI is InChI=1S/C14H24N4O2S/c1-3-6-15-8-13-14(10(2)16-17-13)21(19,20)18-9-11-4-5-12(18)7-11/h11-12,15H,3-9H2,1-2H3,(H,16,17). The van der Waals surface area contributed by atoms with Gasteiger partial charge in [0, 0.05) is 19.1 Å². The first-order chi connectivity index (χ1) is 10.0. The fourth-order valence-electron chi connectivity index (χ4n) is 3.61. The minimum atomic E-state index is -3.43. The molecular weight excluding hydrogens is 288 g/mol. The zero-order valence-corrected chi connectivity index (χ0v) is 13.5. The highest BCUT2D eigenvalue weighted by molar-refractivity contribution is 7.89. The summed E-state index contributed by atoms with van der Waals surface area (Å²) < 4.78 is 27.7. The quantitative estimate of drug-likeness (QED) is 0.778. The van der Waals surface area contributed by atoms with Crippen LogP contribution in [0.15, 0.2) is 4.90 Å². The smallest absolute Gasteiger partial charge is 0.247 e. The van der Waals surface area contributed by atoms with Gasteiger partial charge in [0.25, 0.3) is 0 Å². The average Bonchev–Trinajstić information content (AvgIpc) is 3.14. The van der Waals surface area contributed by atoms with Crippen LogP contribution >= 0.6 is 0 Å². The molecule has 1 saturated carbocycles. The van der Waals surface area contributed by atoms with Crippen molar-refractivity contribution in [3.05, 3.63) is 11.4 Å². The summed E-state index contributed by atoms with van der Waals surface area (Å²) in [4.78, 5) is 0.388. The van der Waals surface area contributed by atoms with Gasteiger partial charge in [0.1, 0.15) is 4.90 Å². The Kier molecular flexibility index (Phi) is 4.07. The van der Waals surface area contributed by atoms with E-state index in [0.29, 0.717) is 35.3 Å². The average molecular weight is 312 g/mol. The van der Waals surface area contributed by atoms with Gasteiger partial charge >= 0.3 is 0 Å². The number of fused-ring (bicyclic) bond motifs is 2. The van der Waals surface area contributed by atoms with E-state index in [1.165, 1.54) is 6.42 Å². The van der Waals surface area contributed by atoms with Gasteiger partial charge in [-0.2, -0.15) is 9.40 Å². The molecule has 2 N–H and O–H groups in total. The maximum Gasteiger partial charge on any atom is 0.247 e. The lowest BCUT2D eigenvalue weighted by Crippen LogP contribution is -2.38. The van der Waals surface area contributed by atoms with E-state index in [-0.39, 0.29) is 6.04 Å². The van der Waals surface area contributed by atoms with E-state index in [4.69, 9.17) is 0 Å². The van der Waals surface area contributed by atoms with Crippen LogP contribution < -0.4 is 5.32 Å². The van der Waals surface area contributed by atoms with Gasteiger partial charge in [-0.15, -0.1) is 0 Å². The summed E-state index contributed by atoms with van der Waals surface area (Å²) in [6.45, 7) is 5.91. The molecule has 1 saturated heterocycles. The molecule has 1 aromatic heterocycles. The maximum atomic E-state index is 13.0. The van der Waals surface area contributed by atoms with Crippen molar-refractivity contribution >= 4 is 10.0 Å². The van der Waals surface area contributed by atoms with E-state index >= 15 is 0 Å². The largest absolute Gasteiger partial charge is 0.311 e. The Morgan fingerprint density at radius 2 is 2.24 bits per heavy atom. The predicted molar refractivity (Wildman–Crippen MR) is 80.3 cm³/mol. The second-order valence-electron chi connectivity index (χ2n) is 6.21. The van der Waals surface area contributed by atoms with Crippen molar-refractivity contribution in [1.29, 1.82) is 0 Å². The minimum Gasteiger partial charge on any atom is -0.311 e. The highest BCUT2D eigenvalue weighted by Crippen LogP contribution is 2.41. The molecule has 0 radical (unpaired) electrons. The zero-order valence-electron chi connectivity index (χ0n) is 12.7. The summed E-state index contributed by atoms with van der Waals surface area (Å²) in [5.41, 5.74) is 1.26. The van der Waals surface area contributed by atoms with E-state index in [0.717, 1.165) is 25.8 Å². The Labute approximate surface area is 126 Å². The first-order valence-corrected chi connectivity index (χ1v) is 9.24. The summed E-state index contributed by atoms with van der Waals surface area (Å²) in [7, 11) is -3.43. The lowest BCUT2D eigenvalue weighted by molar-refractivity contribution is 0.333. The lowest BCUT2D eigenvalue weighted by Gasteiger charge is -2.26. The number of nitrogens with zero attached hydrogens (tertiary/aromatic N) is 2. The van der Waals surface area contributed by atoms with Crippen LogP contribution in [0, 0.1) is 12.8 Å². The molecule has 3 rings (SSSR count). The number of rotatable bonds is 6. The van der Waals surface area contributed by atoms with Crippen LogP contribution in [0.5, 0.6) is 0 Å². The lowest BCUT2D eigenvalue weighted by atomic mass is 10.1. The summed E-state index contributed by atoms with van der Waals surface area (Å²) in [6.07, 6.45) is 4.22. The second kappa shape index (κ2) is 5.70. The van der Waals surface area contributed by atoms with Gasteiger partial charge in [-0.1, -0.05) is 6.92 Å². The molecule has 0 amide bonds. The summed E-state index contributed by atoms with van der Waals surface area (Å²) in [6, 6.07) is 0.200. The van der Waals surface area contributed by atoms with Gasteiger partial charge in [0.05, 0.1) is 11.4 Å². The summed E-state index contributed by atoms with van der Waals surface area (Å²) in [5.74, 6) is 0.554. The van der Waals surface area contributed by atoms with Crippen molar-refractivity contribution in [1.82, 2.24) is 19.8 Å². The molecule has 7 heteroatoms. The van der Waals surface area contributed by atoms with Crippen LogP contribution in [0.2, 0.25) is 0 Å². The summed E-state index contributed by atoms with van der Waals surface area (Å²) >= 11 is 0. The molecule has 2 bridgehead atoms. The van der Waals surface area contributed by atoms with Gasteiger partial charge in [-0.3, -0.25) is 5.10 Å². The number of sulfonamides is 1. The van der Waals surface area contributed by atoms with Crippen molar-refractivity contribution in [2.45, 2.75) is 57.0 Å². The number of aromatic nitrogens is 2. The Morgan fingerprint density at radius 3 is 2.86 bits per heavy atom. The minimum absolute atomic E-state index is 0.200. The highest BCUT2D eigenvalue weighted by atomic mass is 32.2. The Hall–Kier alpha value is -0.920. The molecule has 1 aliphatic carbocycles.